The predicted molar refractivity (Wildman–Crippen MR) is 146 cm³/mol. The molecule has 0 bridgehead atoms. The molecule has 4 rings (SSSR count). The highest BCUT2D eigenvalue weighted by atomic mass is 35.5. The number of H-pyrrole nitrogens is 1. The molecule has 2 aromatic rings. The summed E-state index contributed by atoms with van der Waals surface area (Å²) in [4.78, 5) is 59.9. The van der Waals surface area contributed by atoms with Gasteiger partial charge in [-0.3, -0.25) is 14.4 Å². The second kappa shape index (κ2) is 12.5. The zero-order chi connectivity index (χ0) is 28.3. The molecule has 0 unspecified atom stereocenters. The van der Waals surface area contributed by atoms with E-state index in [4.69, 9.17) is 27.9 Å². The highest BCUT2D eigenvalue weighted by molar-refractivity contribution is 7.17. The Labute approximate surface area is 239 Å². The minimum Gasteiger partial charge on any atom is -0.477 e. The van der Waals surface area contributed by atoms with Crippen LogP contribution in [0.1, 0.15) is 62.0 Å². The van der Waals surface area contributed by atoms with Gasteiger partial charge in [0.05, 0.1) is 22.2 Å². The number of amides is 3. The molecule has 2 fully saturated rings. The summed E-state index contributed by atoms with van der Waals surface area (Å²) < 4.78 is 5.63. The number of hydrogen-bond acceptors (Lipinski definition) is 8. The topological polar surface area (TPSA) is 157 Å². The van der Waals surface area contributed by atoms with E-state index >= 15 is 0 Å². The van der Waals surface area contributed by atoms with E-state index in [1.165, 1.54) is 7.11 Å². The number of nitrogens with one attached hydrogen (secondary N) is 3. The molecule has 2 aromatic heterocycles. The Morgan fingerprint density at radius 3 is 2.62 bits per heavy atom. The number of aromatic carboxylic acids is 1. The van der Waals surface area contributed by atoms with Crippen LogP contribution in [0, 0.1) is 6.92 Å². The number of halogens is 2. The molecule has 4 N–H and O–H groups in total. The van der Waals surface area contributed by atoms with Crippen molar-refractivity contribution in [3.05, 3.63) is 32.0 Å². The zero-order valence-corrected chi connectivity index (χ0v) is 23.8. The van der Waals surface area contributed by atoms with Crippen molar-refractivity contribution < 1.29 is 29.0 Å². The molecule has 2 saturated heterocycles. The van der Waals surface area contributed by atoms with Crippen LogP contribution in [0.4, 0.5) is 5.13 Å². The van der Waals surface area contributed by atoms with Crippen LogP contribution in [0.3, 0.4) is 0 Å². The van der Waals surface area contributed by atoms with Crippen LogP contribution >= 0.6 is 34.5 Å². The lowest BCUT2D eigenvalue weighted by atomic mass is 10.0. The van der Waals surface area contributed by atoms with Gasteiger partial charge < -0.3 is 35.3 Å². The standard InChI is InChI=1S/C24H30Cl2N6O6S/c1-12-16(25)17(26)18(28-12)22(35)29-13-6-10-32(11-14(13)38-2)24-30-19(20(39-24)23(36)37)21(34)27-7-4-9-31-8-3-5-15(31)33/h13-14,28H,3-11H2,1-2H3,(H,27,34)(H,29,35)(H,36,37)/t13-,14+/m1/s1. The maximum atomic E-state index is 12.8. The van der Waals surface area contributed by atoms with E-state index in [9.17, 15) is 24.3 Å². The van der Waals surface area contributed by atoms with Crippen LogP contribution in [0.5, 0.6) is 0 Å². The van der Waals surface area contributed by atoms with Crippen molar-refractivity contribution in [3.63, 3.8) is 0 Å². The number of piperidine rings is 1. The van der Waals surface area contributed by atoms with Gasteiger partial charge in [0.2, 0.25) is 5.91 Å². The Morgan fingerprint density at radius 1 is 1.23 bits per heavy atom. The van der Waals surface area contributed by atoms with Crippen molar-refractivity contribution in [1.29, 1.82) is 0 Å². The van der Waals surface area contributed by atoms with Crippen molar-refractivity contribution in [1.82, 2.24) is 25.5 Å². The fraction of sp³-hybridized carbons (Fsp3) is 0.542. The number of ether oxygens (including phenoxy) is 1. The maximum Gasteiger partial charge on any atom is 0.348 e. The van der Waals surface area contributed by atoms with Crippen LogP contribution in [0.2, 0.25) is 10.0 Å². The largest absolute Gasteiger partial charge is 0.477 e. The third-order valence-electron chi connectivity index (χ3n) is 6.82. The summed E-state index contributed by atoms with van der Waals surface area (Å²) in [7, 11) is 1.52. The molecule has 0 aromatic carbocycles. The molecule has 0 saturated carbocycles. The first-order valence-corrected chi connectivity index (χ1v) is 14.1. The minimum atomic E-state index is -1.24. The predicted octanol–water partition coefficient (Wildman–Crippen LogP) is 2.55. The van der Waals surface area contributed by atoms with Crippen LogP contribution in [-0.4, -0.2) is 95.6 Å². The van der Waals surface area contributed by atoms with Gasteiger partial charge in [0.1, 0.15) is 10.6 Å². The number of anilines is 1. The molecule has 3 amide bonds. The van der Waals surface area contributed by atoms with Gasteiger partial charge in [-0.15, -0.1) is 0 Å². The molecule has 15 heteroatoms. The van der Waals surface area contributed by atoms with E-state index in [1.807, 2.05) is 4.90 Å². The zero-order valence-electron chi connectivity index (χ0n) is 21.5. The van der Waals surface area contributed by atoms with E-state index in [2.05, 4.69) is 20.6 Å². The summed E-state index contributed by atoms with van der Waals surface area (Å²) in [6, 6.07) is -0.346. The van der Waals surface area contributed by atoms with Crippen LogP contribution in [0.25, 0.3) is 0 Å². The molecular weight excluding hydrogens is 571 g/mol. The molecule has 212 valence electrons. The van der Waals surface area contributed by atoms with Gasteiger partial charge in [-0.05, 0) is 26.2 Å². The first-order chi connectivity index (χ1) is 18.6. The first kappa shape index (κ1) is 29.1. The minimum absolute atomic E-state index is 0.115. The SMILES string of the molecule is CO[C@H]1CN(c2nc(C(=O)NCCCN3CCCC3=O)c(C(=O)O)s2)CC[C@H]1NC(=O)c1[nH]c(C)c(Cl)c1Cl. The molecule has 0 radical (unpaired) electrons. The number of aryl methyl sites for hydroxylation is 1. The van der Waals surface area contributed by atoms with Crippen LogP contribution < -0.4 is 15.5 Å². The Kier molecular flexibility index (Phi) is 9.36. The van der Waals surface area contributed by atoms with Crippen molar-refractivity contribution in [2.24, 2.45) is 0 Å². The number of thiazole rings is 1. The fourth-order valence-electron chi connectivity index (χ4n) is 4.70. The van der Waals surface area contributed by atoms with Gasteiger partial charge in [-0.2, -0.15) is 0 Å². The number of rotatable bonds is 10. The van der Waals surface area contributed by atoms with E-state index < -0.39 is 23.9 Å². The fourth-order valence-corrected chi connectivity index (χ4v) is 6.06. The van der Waals surface area contributed by atoms with Gasteiger partial charge in [0.15, 0.2) is 10.8 Å². The highest BCUT2D eigenvalue weighted by Gasteiger charge is 2.34. The van der Waals surface area contributed by atoms with Gasteiger partial charge in [0.25, 0.3) is 11.8 Å². The van der Waals surface area contributed by atoms with E-state index in [0.717, 1.165) is 24.3 Å². The van der Waals surface area contributed by atoms with Crippen molar-refractivity contribution in [3.8, 4) is 0 Å². The average molecular weight is 602 g/mol. The second-order valence-corrected chi connectivity index (χ2v) is 11.1. The Morgan fingerprint density at radius 2 is 2.00 bits per heavy atom. The lowest BCUT2D eigenvalue weighted by Crippen LogP contribution is -2.55. The molecule has 4 heterocycles. The summed E-state index contributed by atoms with van der Waals surface area (Å²) >= 11 is 13.2. The number of nitrogens with zero attached hydrogens (tertiary/aromatic N) is 3. The quantitative estimate of drug-likeness (QED) is 0.303. The lowest BCUT2D eigenvalue weighted by Gasteiger charge is -2.37. The summed E-state index contributed by atoms with van der Waals surface area (Å²) in [5.41, 5.74) is 0.604. The number of carbonyl (C=O) groups excluding carboxylic acids is 3. The number of aromatic nitrogens is 2. The summed E-state index contributed by atoms with van der Waals surface area (Å²) in [5, 5.41) is 16.2. The van der Waals surface area contributed by atoms with Crippen LogP contribution in [0.15, 0.2) is 0 Å². The van der Waals surface area contributed by atoms with E-state index in [0.29, 0.717) is 61.3 Å². The summed E-state index contributed by atoms with van der Waals surface area (Å²) in [6.07, 6.45) is 2.01. The molecule has 39 heavy (non-hydrogen) atoms. The van der Waals surface area contributed by atoms with Crippen molar-refractivity contribution in [2.45, 2.75) is 44.8 Å². The molecule has 12 nitrogen and oxygen atoms in total. The highest BCUT2D eigenvalue weighted by Crippen LogP contribution is 2.31. The number of carboxylic acid groups (broad SMARTS) is 1. The number of carbonyl (C=O) groups is 4. The Balaban J connectivity index is 1.38. The Hall–Kier alpha value is -2.87. The molecule has 2 aliphatic heterocycles. The number of likely N-dealkylation sites (tertiary alicyclic amines) is 1. The molecule has 0 spiro atoms. The lowest BCUT2D eigenvalue weighted by molar-refractivity contribution is -0.127. The first-order valence-electron chi connectivity index (χ1n) is 12.5. The molecule has 2 aliphatic rings. The Bertz CT molecular complexity index is 1270. The van der Waals surface area contributed by atoms with Gasteiger partial charge in [-0.25, -0.2) is 9.78 Å². The van der Waals surface area contributed by atoms with E-state index in [1.54, 1.807) is 11.8 Å². The average Bonchev–Trinajstić information content (AvgIpc) is 3.61. The molecular formula is C24H30Cl2N6O6S. The van der Waals surface area contributed by atoms with E-state index in [-0.39, 0.29) is 33.2 Å². The second-order valence-electron chi connectivity index (χ2n) is 9.41. The number of carboxylic acids is 1. The van der Waals surface area contributed by atoms with Crippen LogP contribution in [-0.2, 0) is 9.53 Å². The molecule has 2 atom stereocenters. The number of methoxy groups -OCH3 is 1. The van der Waals surface area contributed by atoms with Crippen molar-refractivity contribution >= 4 is 63.4 Å². The van der Waals surface area contributed by atoms with Crippen molar-refractivity contribution in [2.75, 3.05) is 44.7 Å². The third-order valence-corrected chi connectivity index (χ3v) is 8.87. The maximum absolute atomic E-state index is 12.8. The molecule has 0 aliphatic carbocycles. The van der Waals surface area contributed by atoms with Gasteiger partial charge in [-0.1, -0.05) is 34.5 Å². The summed E-state index contributed by atoms with van der Waals surface area (Å²) in [6.45, 7) is 4.03. The normalized spacial score (nSPS) is 19.4. The van der Waals surface area contributed by atoms with Gasteiger partial charge in [0, 0.05) is 51.9 Å². The third kappa shape index (κ3) is 6.48. The summed E-state index contributed by atoms with van der Waals surface area (Å²) in [5.74, 6) is -2.12. The number of aromatic amines is 1. The number of hydrogen-bond donors (Lipinski definition) is 4. The van der Waals surface area contributed by atoms with Gasteiger partial charge >= 0.3 is 5.97 Å². The monoisotopic (exact) mass is 600 g/mol. The smallest absolute Gasteiger partial charge is 0.348 e.